The second-order valence-corrected chi connectivity index (χ2v) is 6.22. The molecule has 0 aromatic heterocycles. The van der Waals surface area contributed by atoms with Crippen LogP contribution in [0.15, 0.2) is 4.90 Å². The van der Waals surface area contributed by atoms with E-state index in [9.17, 15) is 30.4 Å². The third-order valence-corrected chi connectivity index (χ3v) is 4.76. The Morgan fingerprint density at radius 3 is 1.68 bits per heavy atom. The van der Waals surface area contributed by atoms with Gasteiger partial charge in [-0.3, -0.25) is 0 Å². The topological polar surface area (TPSA) is 34.1 Å². The third kappa shape index (κ3) is 3.00. The van der Waals surface area contributed by atoms with Gasteiger partial charge in [-0.25, -0.2) is 30.4 Å². The average molecular weight is 323 g/mol. The minimum atomic E-state index is -4.68. The molecule has 0 saturated heterocycles. The summed E-state index contributed by atoms with van der Waals surface area (Å²) in [6.07, 6.45) is 0. The van der Waals surface area contributed by atoms with E-state index in [0.717, 1.165) is 0 Å². The molecule has 0 radical (unpaired) electrons. The first-order valence-electron chi connectivity index (χ1n) is 4.93. The third-order valence-electron chi connectivity index (χ3n) is 2.25. The summed E-state index contributed by atoms with van der Waals surface area (Å²) in [4.78, 5) is -1.82. The van der Waals surface area contributed by atoms with Gasteiger partial charge in [-0.15, -0.1) is 11.6 Å². The van der Waals surface area contributed by atoms with E-state index in [-0.39, 0.29) is 5.88 Å². The Kier molecular flexibility index (Phi) is 4.78. The summed E-state index contributed by atoms with van der Waals surface area (Å²) < 4.78 is 88.5. The second kappa shape index (κ2) is 5.62. The van der Waals surface area contributed by atoms with Crippen LogP contribution in [0.3, 0.4) is 0 Å². The van der Waals surface area contributed by atoms with E-state index in [1.165, 1.54) is 6.92 Å². The Labute approximate surface area is 111 Å². The zero-order valence-corrected chi connectivity index (χ0v) is 11.1. The number of hydrogen-bond acceptors (Lipinski definition) is 2. The number of rotatable bonds is 4. The monoisotopic (exact) mass is 322 g/mol. The van der Waals surface area contributed by atoms with E-state index in [0.29, 0.717) is 0 Å². The first-order chi connectivity index (χ1) is 8.63. The first-order valence-corrected chi connectivity index (χ1v) is 7.12. The molecule has 0 heterocycles. The molecule has 19 heavy (non-hydrogen) atoms. The quantitative estimate of drug-likeness (QED) is 0.281. The molecule has 0 spiro atoms. The Balaban J connectivity index is 3.52. The number of halogens is 6. The van der Waals surface area contributed by atoms with Crippen molar-refractivity contribution in [2.24, 2.45) is 5.92 Å². The lowest BCUT2D eigenvalue weighted by atomic mass is 10.3. The lowest BCUT2D eigenvalue weighted by Gasteiger charge is -2.11. The van der Waals surface area contributed by atoms with Crippen LogP contribution in [0.25, 0.3) is 0 Å². The van der Waals surface area contributed by atoms with E-state index in [4.69, 9.17) is 11.6 Å². The van der Waals surface area contributed by atoms with Crippen LogP contribution in [-0.2, 0) is 9.84 Å². The van der Waals surface area contributed by atoms with E-state index in [2.05, 4.69) is 0 Å². The largest absolute Gasteiger partial charge is 0.223 e. The zero-order valence-electron chi connectivity index (χ0n) is 9.48. The van der Waals surface area contributed by atoms with Gasteiger partial charge in [0.25, 0.3) is 0 Å². The smallest absolute Gasteiger partial charge is 0.200 e. The molecular weight excluding hydrogens is 315 g/mol. The lowest BCUT2D eigenvalue weighted by molar-refractivity contribution is 0.357. The van der Waals surface area contributed by atoms with Gasteiger partial charge >= 0.3 is 0 Å². The van der Waals surface area contributed by atoms with Crippen LogP contribution in [0, 0.1) is 35.0 Å². The fourth-order valence-corrected chi connectivity index (χ4v) is 3.36. The van der Waals surface area contributed by atoms with E-state index >= 15 is 0 Å². The summed E-state index contributed by atoms with van der Waals surface area (Å²) in [7, 11) is -4.68. The van der Waals surface area contributed by atoms with Crippen LogP contribution >= 0.6 is 11.6 Å². The van der Waals surface area contributed by atoms with Gasteiger partial charge in [0.1, 0.15) is 4.90 Å². The summed E-state index contributed by atoms with van der Waals surface area (Å²) in [5.74, 6) is -13.4. The Morgan fingerprint density at radius 1 is 0.947 bits per heavy atom. The van der Waals surface area contributed by atoms with E-state index in [1.807, 2.05) is 0 Å². The van der Waals surface area contributed by atoms with E-state index in [1.54, 1.807) is 0 Å². The van der Waals surface area contributed by atoms with Gasteiger partial charge in [0.15, 0.2) is 33.1 Å². The summed E-state index contributed by atoms with van der Waals surface area (Å²) >= 11 is 5.35. The molecule has 0 aliphatic carbocycles. The van der Waals surface area contributed by atoms with Crippen LogP contribution in [0.2, 0.25) is 0 Å². The van der Waals surface area contributed by atoms with Crippen molar-refractivity contribution >= 4 is 21.4 Å². The summed E-state index contributed by atoms with van der Waals surface area (Å²) in [5, 5.41) is 0. The van der Waals surface area contributed by atoms with Crippen molar-refractivity contribution in [2.75, 3.05) is 11.6 Å². The molecule has 0 bridgehead atoms. The van der Waals surface area contributed by atoms with Crippen molar-refractivity contribution in [2.45, 2.75) is 11.8 Å². The molecule has 1 aromatic carbocycles. The molecule has 2 nitrogen and oxygen atoms in total. The number of alkyl halides is 1. The fraction of sp³-hybridized carbons (Fsp3) is 0.400. The maximum atomic E-state index is 13.3. The van der Waals surface area contributed by atoms with Crippen molar-refractivity contribution in [3.63, 3.8) is 0 Å². The molecule has 0 fully saturated rings. The summed E-state index contributed by atoms with van der Waals surface area (Å²) in [5.41, 5.74) is 0. The highest BCUT2D eigenvalue weighted by Gasteiger charge is 2.33. The van der Waals surface area contributed by atoms with Gasteiger partial charge in [-0.2, -0.15) is 0 Å². The normalized spacial score (nSPS) is 13.6. The van der Waals surface area contributed by atoms with Crippen LogP contribution in [-0.4, -0.2) is 20.1 Å². The summed E-state index contributed by atoms with van der Waals surface area (Å²) in [6, 6.07) is 0. The van der Waals surface area contributed by atoms with E-state index < -0.39 is 55.5 Å². The van der Waals surface area contributed by atoms with Crippen molar-refractivity contribution in [3.8, 4) is 0 Å². The minimum Gasteiger partial charge on any atom is -0.223 e. The molecule has 1 unspecified atom stereocenters. The molecule has 1 rings (SSSR count). The van der Waals surface area contributed by atoms with Gasteiger partial charge in [0.2, 0.25) is 5.82 Å². The average Bonchev–Trinajstić information content (AvgIpc) is 2.33. The van der Waals surface area contributed by atoms with Crippen LogP contribution < -0.4 is 0 Å². The van der Waals surface area contributed by atoms with Gasteiger partial charge in [-0.05, 0) is 5.92 Å². The van der Waals surface area contributed by atoms with Crippen molar-refractivity contribution in [3.05, 3.63) is 29.1 Å². The Bertz CT molecular complexity index is 573. The molecule has 0 aliphatic rings. The predicted molar refractivity (Wildman–Crippen MR) is 58.2 cm³/mol. The van der Waals surface area contributed by atoms with Crippen LogP contribution in [0.4, 0.5) is 22.0 Å². The highest BCUT2D eigenvalue weighted by Crippen LogP contribution is 2.28. The number of benzene rings is 1. The van der Waals surface area contributed by atoms with Gasteiger partial charge in [0, 0.05) is 5.88 Å². The van der Waals surface area contributed by atoms with Gasteiger partial charge < -0.3 is 0 Å². The van der Waals surface area contributed by atoms with Crippen LogP contribution in [0.5, 0.6) is 0 Å². The standard InChI is InChI=1S/C10H8ClF5O2S/c1-4(2-11)3-19(17,18)10-8(15)6(13)5(12)7(14)9(10)16/h4H,2-3H2,1H3. The SMILES string of the molecule is CC(CCl)CS(=O)(=O)c1c(F)c(F)c(F)c(F)c1F. The van der Waals surface area contributed by atoms with Gasteiger partial charge in [0.05, 0.1) is 5.75 Å². The molecule has 0 saturated carbocycles. The highest BCUT2D eigenvalue weighted by atomic mass is 35.5. The van der Waals surface area contributed by atoms with Crippen molar-refractivity contribution in [1.82, 2.24) is 0 Å². The molecule has 0 amide bonds. The molecule has 9 heteroatoms. The molecule has 1 atom stereocenters. The maximum Gasteiger partial charge on any atom is 0.200 e. The fourth-order valence-electron chi connectivity index (χ4n) is 1.36. The summed E-state index contributed by atoms with van der Waals surface area (Å²) in [6.45, 7) is 1.36. The van der Waals surface area contributed by atoms with Gasteiger partial charge in [-0.1, -0.05) is 6.92 Å². The zero-order chi connectivity index (χ0) is 15.0. The minimum absolute atomic E-state index is 0.144. The molecule has 1 aromatic rings. The highest BCUT2D eigenvalue weighted by molar-refractivity contribution is 7.91. The van der Waals surface area contributed by atoms with Crippen LogP contribution in [0.1, 0.15) is 6.92 Å². The molecule has 0 aliphatic heterocycles. The molecular formula is C10H8ClF5O2S. The predicted octanol–water partition coefficient (Wildman–Crippen LogP) is 3.03. The van der Waals surface area contributed by atoms with Crippen molar-refractivity contribution < 1.29 is 30.4 Å². The number of sulfone groups is 1. The first kappa shape index (κ1) is 16.2. The lowest BCUT2D eigenvalue weighted by Crippen LogP contribution is -2.20. The Morgan fingerprint density at radius 2 is 1.32 bits per heavy atom. The number of hydrogen-bond donors (Lipinski definition) is 0. The maximum absolute atomic E-state index is 13.3. The second-order valence-electron chi connectivity index (χ2n) is 3.94. The molecule has 108 valence electrons. The van der Waals surface area contributed by atoms with Crippen molar-refractivity contribution in [1.29, 1.82) is 0 Å². The molecule has 0 N–H and O–H groups in total. The Hall–Kier alpha value is -0.890.